The van der Waals surface area contributed by atoms with Gasteiger partial charge in [-0.2, -0.15) is 5.26 Å². The summed E-state index contributed by atoms with van der Waals surface area (Å²) in [6, 6.07) is 9.31. The van der Waals surface area contributed by atoms with Crippen LogP contribution in [0.5, 0.6) is 0 Å². The summed E-state index contributed by atoms with van der Waals surface area (Å²) in [5, 5.41) is 9.52. The molecule has 1 aliphatic rings. The number of pyridine rings is 1. The number of aromatic nitrogens is 1. The molecule has 0 bridgehead atoms. The van der Waals surface area contributed by atoms with E-state index < -0.39 is 0 Å². The van der Waals surface area contributed by atoms with E-state index in [0.29, 0.717) is 18.6 Å². The van der Waals surface area contributed by atoms with E-state index in [1.807, 2.05) is 28.8 Å². The maximum atomic E-state index is 9.52. The third-order valence-electron chi connectivity index (χ3n) is 4.69. The summed E-state index contributed by atoms with van der Waals surface area (Å²) in [6.45, 7) is 3.77. The number of nitriles is 1. The molecule has 0 radical (unpaired) electrons. The van der Waals surface area contributed by atoms with Crippen molar-refractivity contribution in [2.45, 2.75) is 44.8 Å². The second kappa shape index (κ2) is 5.88. The number of rotatable bonds is 3. The third-order valence-corrected chi connectivity index (χ3v) is 4.69. The molecule has 1 saturated heterocycles. The summed E-state index contributed by atoms with van der Waals surface area (Å²) < 4.78 is 2.04. The molecule has 0 spiro atoms. The molecule has 2 N–H and O–H groups in total. The Morgan fingerprint density at radius 2 is 2.24 bits per heavy atom. The fraction of sp³-hybridized carbons (Fsp3) is 0.471. The minimum absolute atomic E-state index is 0.434. The first kappa shape index (κ1) is 14.1. The van der Waals surface area contributed by atoms with Gasteiger partial charge in [-0.25, -0.2) is 0 Å². The zero-order valence-corrected chi connectivity index (χ0v) is 12.5. The number of piperidine rings is 1. The standard InChI is InChI=1S/C17H22N4/c1-13-5-4-6-15(9-18)21(13)12-14-11-20-8-3-2-7-17(20)16(14)10-19/h2-3,7-8,11,13,15H,4-6,9,12,18H2,1H3. The van der Waals surface area contributed by atoms with Crippen LogP contribution < -0.4 is 5.73 Å². The van der Waals surface area contributed by atoms with Crippen LogP contribution in [0, 0.1) is 11.3 Å². The topological polar surface area (TPSA) is 57.5 Å². The van der Waals surface area contributed by atoms with Crippen LogP contribution in [0.2, 0.25) is 0 Å². The van der Waals surface area contributed by atoms with Gasteiger partial charge >= 0.3 is 0 Å². The van der Waals surface area contributed by atoms with Crippen molar-refractivity contribution in [3.05, 3.63) is 41.7 Å². The first-order valence-electron chi connectivity index (χ1n) is 7.69. The van der Waals surface area contributed by atoms with Gasteiger partial charge in [0.25, 0.3) is 0 Å². The van der Waals surface area contributed by atoms with Crippen LogP contribution in [-0.4, -0.2) is 27.9 Å². The summed E-state index contributed by atoms with van der Waals surface area (Å²) >= 11 is 0. The van der Waals surface area contributed by atoms with Crippen molar-refractivity contribution in [2.75, 3.05) is 6.54 Å². The summed E-state index contributed by atoms with van der Waals surface area (Å²) in [7, 11) is 0. The average Bonchev–Trinajstić information content (AvgIpc) is 2.86. The van der Waals surface area contributed by atoms with Gasteiger partial charge in [0.05, 0.1) is 11.1 Å². The van der Waals surface area contributed by atoms with Crippen LogP contribution >= 0.6 is 0 Å². The highest BCUT2D eigenvalue weighted by Gasteiger charge is 2.28. The molecular weight excluding hydrogens is 260 g/mol. The maximum Gasteiger partial charge on any atom is 0.102 e. The highest BCUT2D eigenvalue weighted by molar-refractivity contribution is 5.65. The Hall–Kier alpha value is -1.83. The quantitative estimate of drug-likeness (QED) is 0.941. The zero-order valence-electron chi connectivity index (χ0n) is 12.5. The third kappa shape index (κ3) is 2.55. The number of likely N-dealkylation sites (tertiary alicyclic amines) is 1. The molecule has 0 aliphatic carbocycles. The van der Waals surface area contributed by atoms with Crippen LogP contribution in [0.4, 0.5) is 0 Å². The Morgan fingerprint density at radius 1 is 1.38 bits per heavy atom. The normalized spacial score (nSPS) is 23.3. The van der Waals surface area contributed by atoms with E-state index in [-0.39, 0.29) is 0 Å². The lowest BCUT2D eigenvalue weighted by molar-refractivity contribution is 0.0892. The number of hydrogen-bond donors (Lipinski definition) is 1. The minimum atomic E-state index is 0.434. The first-order valence-corrected chi connectivity index (χ1v) is 7.69. The highest BCUT2D eigenvalue weighted by Crippen LogP contribution is 2.27. The largest absolute Gasteiger partial charge is 0.329 e. The molecule has 2 atom stereocenters. The Bertz CT molecular complexity index is 667. The van der Waals surface area contributed by atoms with Crippen molar-refractivity contribution in [3.8, 4) is 6.07 Å². The molecule has 1 fully saturated rings. The van der Waals surface area contributed by atoms with E-state index in [4.69, 9.17) is 5.73 Å². The zero-order chi connectivity index (χ0) is 14.8. The van der Waals surface area contributed by atoms with Crippen LogP contribution in [0.25, 0.3) is 5.52 Å². The molecule has 0 saturated carbocycles. The number of nitrogens with two attached hydrogens (primary N) is 1. The van der Waals surface area contributed by atoms with Crippen LogP contribution in [0.1, 0.15) is 37.3 Å². The van der Waals surface area contributed by atoms with Gasteiger partial charge in [-0.05, 0) is 31.9 Å². The van der Waals surface area contributed by atoms with Gasteiger partial charge in [-0.3, -0.25) is 4.90 Å². The van der Waals surface area contributed by atoms with E-state index in [1.54, 1.807) is 0 Å². The molecule has 0 amide bonds. The van der Waals surface area contributed by atoms with E-state index >= 15 is 0 Å². The highest BCUT2D eigenvalue weighted by atomic mass is 15.2. The molecule has 21 heavy (non-hydrogen) atoms. The Labute approximate surface area is 125 Å². The van der Waals surface area contributed by atoms with Gasteiger partial charge < -0.3 is 10.1 Å². The molecule has 2 aromatic heterocycles. The Morgan fingerprint density at radius 3 is 3.00 bits per heavy atom. The molecule has 2 unspecified atom stereocenters. The molecule has 4 heteroatoms. The van der Waals surface area contributed by atoms with Crippen LogP contribution in [-0.2, 0) is 6.54 Å². The monoisotopic (exact) mass is 282 g/mol. The van der Waals surface area contributed by atoms with E-state index in [9.17, 15) is 5.26 Å². The molecule has 3 heterocycles. The fourth-order valence-electron chi connectivity index (χ4n) is 3.50. The summed E-state index contributed by atoms with van der Waals surface area (Å²) in [5.74, 6) is 0. The first-order chi connectivity index (χ1) is 10.2. The van der Waals surface area contributed by atoms with Gasteiger partial charge in [0.1, 0.15) is 6.07 Å². The van der Waals surface area contributed by atoms with E-state index in [1.165, 1.54) is 12.8 Å². The number of nitrogens with zero attached hydrogens (tertiary/aromatic N) is 3. The van der Waals surface area contributed by atoms with E-state index in [0.717, 1.165) is 29.6 Å². The average molecular weight is 282 g/mol. The van der Waals surface area contributed by atoms with Crippen molar-refractivity contribution in [3.63, 3.8) is 0 Å². The van der Waals surface area contributed by atoms with Crippen molar-refractivity contribution in [2.24, 2.45) is 5.73 Å². The fourth-order valence-corrected chi connectivity index (χ4v) is 3.50. The molecule has 110 valence electrons. The SMILES string of the molecule is CC1CCCC(CN)N1Cc1cn2ccccc2c1C#N. The second-order valence-electron chi connectivity index (χ2n) is 5.98. The second-order valence-corrected chi connectivity index (χ2v) is 5.98. The molecule has 2 aromatic rings. The predicted octanol–water partition coefficient (Wildman–Crippen LogP) is 2.51. The van der Waals surface area contributed by atoms with Crippen molar-refractivity contribution < 1.29 is 0 Å². The van der Waals surface area contributed by atoms with Gasteiger partial charge in [0.15, 0.2) is 0 Å². The Kier molecular flexibility index (Phi) is 3.96. The smallest absolute Gasteiger partial charge is 0.102 e. The molecule has 1 aliphatic heterocycles. The molecule has 0 aromatic carbocycles. The van der Waals surface area contributed by atoms with Gasteiger partial charge in [0, 0.05) is 43.1 Å². The van der Waals surface area contributed by atoms with E-state index in [2.05, 4.69) is 24.1 Å². The van der Waals surface area contributed by atoms with Gasteiger partial charge in [-0.1, -0.05) is 12.5 Å². The Balaban J connectivity index is 1.95. The lowest BCUT2D eigenvalue weighted by Gasteiger charge is -2.40. The molecule has 4 nitrogen and oxygen atoms in total. The lowest BCUT2D eigenvalue weighted by atomic mass is 9.95. The van der Waals surface area contributed by atoms with Crippen molar-refractivity contribution in [1.29, 1.82) is 5.26 Å². The number of hydrogen-bond acceptors (Lipinski definition) is 3. The summed E-state index contributed by atoms with van der Waals surface area (Å²) in [4.78, 5) is 2.47. The summed E-state index contributed by atoms with van der Waals surface area (Å²) in [5.41, 5.74) is 8.84. The number of fused-ring (bicyclic) bond motifs is 1. The molecule has 3 rings (SSSR count). The van der Waals surface area contributed by atoms with Gasteiger partial charge in [-0.15, -0.1) is 0 Å². The maximum absolute atomic E-state index is 9.52. The van der Waals surface area contributed by atoms with Crippen LogP contribution in [0.3, 0.4) is 0 Å². The van der Waals surface area contributed by atoms with Crippen molar-refractivity contribution >= 4 is 5.52 Å². The van der Waals surface area contributed by atoms with Crippen LogP contribution in [0.15, 0.2) is 30.6 Å². The predicted molar refractivity (Wildman–Crippen MR) is 83.8 cm³/mol. The van der Waals surface area contributed by atoms with Gasteiger partial charge in [0.2, 0.25) is 0 Å². The summed E-state index contributed by atoms with van der Waals surface area (Å²) in [6.07, 6.45) is 7.72. The van der Waals surface area contributed by atoms with Crippen molar-refractivity contribution in [1.82, 2.24) is 9.30 Å². The minimum Gasteiger partial charge on any atom is -0.329 e. The lowest BCUT2D eigenvalue weighted by Crippen LogP contribution is -2.48. The molecular formula is C17H22N4.